The van der Waals surface area contributed by atoms with Crippen molar-refractivity contribution >= 4 is 18.0 Å². The summed E-state index contributed by atoms with van der Waals surface area (Å²) < 4.78 is 0. The minimum absolute atomic E-state index is 0.0442. The molecule has 0 unspecified atom stereocenters. The highest BCUT2D eigenvalue weighted by Crippen LogP contribution is 2.09. The number of rotatable bonds is 13. The van der Waals surface area contributed by atoms with Gasteiger partial charge in [-0.05, 0) is 24.5 Å². The van der Waals surface area contributed by atoms with Crippen LogP contribution in [0.4, 0.5) is 0 Å². The zero-order chi connectivity index (χ0) is 17.5. The molecule has 2 N–H and O–H groups in total. The molecule has 1 rings (SSSR count). The SMILES string of the molecule is O=C(O)CCCCCCCCCCNC(=O)/C=C/c1ccccc1. The molecule has 0 spiro atoms. The smallest absolute Gasteiger partial charge is 0.303 e. The fourth-order valence-electron chi connectivity index (χ4n) is 2.47. The molecule has 1 amide bonds. The van der Waals surface area contributed by atoms with Gasteiger partial charge in [-0.15, -0.1) is 0 Å². The van der Waals surface area contributed by atoms with E-state index in [2.05, 4.69) is 5.32 Å². The average molecular weight is 331 g/mol. The van der Waals surface area contributed by atoms with E-state index in [9.17, 15) is 9.59 Å². The van der Waals surface area contributed by atoms with Crippen LogP contribution in [0.2, 0.25) is 0 Å². The third-order valence-electron chi connectivity index (χ3n) is 3.84. The Morgan fingerprint density at radius 1 is 0.875 bits per heavy atom. The van der Waals surface area contributed by atoms with Gasteiger partial charge < -0.3 is 10.4 Å². The summed E-state index contributed by atoms with van der Waals surface area (Å²) in [5.41, 5.74) is 1.02. The van der Waals surface area contributed by atoms with Gasteiger partial charge in [0.15, 0.2) is 0 Å². The molecule has 1 aromatic carbocycles. The lowest BCUT2D eigenvalue weighted by Crippen LogP contribution is -2.21. The maximum absolute atomic E-state index is 11.7. The number of hydrogen-bond donors (Lipinski definition) is 2. The zero-order valence-electron chi connectivity index (χ0n) is 14.4. The highest BCUT2D eigenvalue weighted by molar-refractivity contribution is 5.91. The topological polar surface area (TPSA) is 66.4 Å². The first-order valence-electron chi connectivity index (χ1n) is 8.91. The third kappa shape index (κ3) is 11.5. The van der Waals surface area contributed by atoms with Crippen molar-refractivity contribution in [2.75, 3.05) is 6.54 Å². The monoisotopic (exact) mass is 331 g/mol. The molecule has 0 fully saturated rings. The lowest BCUT2D eigenvalue weighted by Gasteiger charge is -2.03. The first-order chi connectivity index (χ1) is 11.7. The summed E-state index contributed by atoms with van der Waals surface area (Å²) in [6.45, 7) is 0.719. The molecule has 0 radical (unpaired) electrons. The quantitative estimate of drug-likeness (QED) is 0.415. The maximum Gasteiger partial charge on any atom is 0.303 e. The third-order valence-corrected chi connectivity index (χ3v) is 3.84. The molecule has 0 aromatic heterocycles. The number of hydrogen-bond acceptors (Lipinski definition) is 2. The predicted octanol–water partition coefficient (Wildman–Crippen LogP) is 4.41. The number of nitrogens with one attached hydrogen (secondary N) is 1. The maximum atomic E-state index is 11.7. The summed E-state index contributed by atoms with van der Waals surface area (Å²) in [6.07, 6.45) is 12.3. The summed E-state index contributed by atoms with van der Waals surface area (Å²) in [6, 6.07) is 9.78. The van der Waals surface area contributed by atoms with Crippen LogP contribution in [0.1, 0.15) is 63.4 Å². The molecule has 24 heavy (non-hydrogen) atoms. The molecular formula is C20H29NO3. The van der Waals surface area contributed by atoms with E-state index in [-0.39, 0.29) is 5.91 Å². The van der Waals surface area contributed by atoms with Crippen molar-refractivity contribution < 1.29 is 14.7 Å². The zero-order valence-corrected chi connectivity index (χ0v) is 14.4. The van der Waals surface area contributed by atoms with Crippen LogP contribution in [0.15, 0.2) is 36.4 Å². The van der Waals surface area contributed by atoms with Crippen LogP contribution in [0.25, 0.3) is 6.08 Å². The second kappa shape index (κ2) is 13.3. The second-order valence-corrected chi connectivity index (χ2v) is 6.01. The summed E-state index contributed by atoms with van der Waals surface area (Å²) in [7, 11) is 0. The van der Waals surface area contributed by atoms with E-state index in [1.807, 2.05) is 36.4 Å². The lowest BCUT2D eigenvalue weighted by atomic mass is 10.1. The highest BCUT2D eigenvalue weighted by atomic mass is 16.4. The van der Waals surface area contributed by atoms with E-state index in [1.54, 1.807) is 6.08 Å². The van der Waals surface area contributed by atoms with Crippen molar-refractivity contribution in [3.63, 3.8) is 0 Å². The van der Waals surface area contributed by atoms with Gasteiger partial charge in [0.2, 0.25) is 5.91 Å². The van der Waals surface area contributed by atoms with Crippen LogP contribution in [-0.2, 0) is 9.59 Å². The van der Waals surface area contributed by atoms with Crippen LogP contribution in [-0.4, -0.2) is 23.5 Å². The molecule has 0 saturated carbocycles. The molecule has 0 saturated heterocycles. The second-order valence-electron chi connectivity index (χ2n) is 6.01. The fraction of sp³-hybridized carbons (Fsp3) is 0.500. The van der Waals surface area contributed by atoms with Crippen molar-refractivity contribution in [3.8, 4) is 0 Å². The fourth-order valence-corrected chi connectivity index (χ4v) is 2.47. The van der Waals surface area contributed by atoms with E-state index >= 15 is 0 Å². The first kappa shape index (κ1) is 19.9. The van der Waals surface area contributed by atoms with E-state index in [0.29, 0.717) is 6.42 Å². The molecule has 0 heterocycles. The molecular weight excluding hydrogens is 302 g/mol. The summed E-state index contributed by atoms with van der Waals surface area (Å²) >= 11 is 0. The largest absolute Gasteiger partial charge is 0.481 e. The standard InChI is InChI=1S/C20H29NO3/c22-19(16-15-18-12-8-7-9-13-18)21-17-11-6-4-2-1-3-5-10-14-20(23)24/h7-9,12-13,15-16H,1-6,10-11,14,17H2,(H,21,22)(H,23,24)/b16-15+. The Balaban J connectivity index is 1.90. The highest BCUT2D eigenvalue weighted by Gasteiger charge is 1.97. The number of amides is 1. The first-order valence-corrected chi connectivity index (χ1v) is 8.91. The summed E-state index contributed by atoms with van der Waals surface area (Å²) in [5.74, 6) is -0.743. The van der Waals surface area contributed by atoms with Crippen LogP contribution in [0, 0.1) is 0 Å². The molecule has 0 bridgehead atoms. The molecule has 0 aliphatic carbocycles. The molecule has 1 aromatic rings. The Kier molecular flexibility index (Phi) is 11.1. The minimum Gasteiger partial charge on any atom is -0.481 e. The van der Waals surface area contributed by atoms with Gasteiger partial charge in [0.1, 0.15) is 0 Å². The summed E-state index contributed by atoms with van der Waals surface area (Å²) in [5, 5.41) is 11.4. The van der Waals surface area contributed by atoms with Gasteiger partial charge in [0, 0.05) is 19.0 Å². The molecule has 4 heteroatoms. The molecule has 132 valence electrons. The Morgan fingerprint density at radius 2 is 1.46 bits per heavy atom. The number of benzene rings is 1. The molecule has 0 aliphatic heterocycles. The molecule has 4 nitrogen and oxygen atoms in total. The number of carboxylic acid groups (broad SMARTS) is 1. The van der Waals surface area contributed by atoms with Crippen molar-refractivity contribution in [1.82, 2.24) is 5.32 Å². The van der Waals surface area contributed by atoms with Crippen molar-refractivity contribution in [1.29, 1.82) is 0 Å². The number of carbonyl (C=O) groups excluding carboxylic acids is 1. The van der Waals surface area contributed by atoms with Crippen molar-refractivity contribution in [2.24, 2.45) is 0 Å². The van der Waals surface area contributed by atoms with Crippen LogP contribution < -0.4 is 5.32 Å². The minimum atomic E-state index is -0.698. The number of aliphatic carboxylic acids is 1. The van der Waals surface area contributed by atoms with Crippen LogP contribution >= 0.6 is 0 Å². The summed E-state index contributed by atoms with van der Waals surface area (Å²) in [4.78, 5) is 22.0. The van der Waals surface area contributed by atoms with E-state index in [4.69, 9.17) is 5.11 Å². The number of carbonyl (C=O) groups is 2. The van der Waals surface area contributed by atoms with Gasteiger partial charge >= 0.3 is 5.97 Å². The number of unbranched alkanes of at least 4 members (excludes halogenated alkanes) is 7. The van der Waals surface area contributed by atoms with Crippen LogP contribution in [0.5, 0.6) is 0 Å². The van der Waals surface area contributed by atoms with E-state index in [1.165, 1.54) is 19.3 Å². The predicted molar refractivity (Wildman–Crippen MR) is 97.7 cm³/mol. The van der Waals surface area contributed by atoms with Gasteiger partial charge in [0.25, 0.3) is 0 Å². The number of carboxylic acids is 1. The normalized spacial score (nSPS) is 10.8. The Labute approximate surface area is 145 Å². The molecule has 0 aliphatic rings. The Hall–Kier alpha value is -2.10. The van der Waals surface area contributed by atoms with Crippen LogP contribution in [0.3, 0.4) is 0 Å². The van der Waals surface area contributed by atoms with Gasteiger partial charge in [-0.2, -0.15) is 0 Å². The Bertz CT molecular complexity index is 497. The molecule has 0 atom stereocenters. The Morgan fingerprint density at radius 3 is 2.08 bits per heavy atom. The van der Waals surface area contributed by atoms with Gasteiger partial charge in [-0.3, -0.25) is 9.59 Å². The van der Waals surface area contributed by atoms with E-state index < -0.39 is 5.97 Å². The van der Waals surface area contributed by atoms with Crippen molar-refractivity contribution in [3.05, 3.63) is 42.0 Å². The van der Waals surface area contributed by atoms with Gasteiger partial charge in [-0.1, -0.05) is 68.9 Å². The van der Waals surface area contributed by atoms with Gasteiger partial charge in [0.05, 0.1) is 0 Å². The lowest BCUT2D eigenvalue weighted by molar-refractivity contribution is -0.137. The van der Waals surface area contributed by atoms with E-state index in [0.717, 1.165) is 44.2 Å². The van der Waals surface area contributed by atoms with Crippen molar-refractivity contribution in [2.45, 2.75) is 57.8 Å². The van der Waals surface area contributed by atoms with Gasteiger partial charge in [-0.25, -0.2) is 0 Å². The average Bonchev–Trinajstić information content (AvgIpc) is 2.58.